The molecule has 2 rings (SSSR count). The summed E-state index contributed by atoms with van der Waals surface area (Å²) in [6.45, 7) is 4.30. The molecule has 2 aromatic rings. The highest BCUT2D eigenvalue weighted by molar-refractivity contribution is 5.98. The predicted molar refractivity (Wildman–Crippen MR) is 101 cm³/mol. The highest BCUT2D eigenvalue weighted by Gasteiger charge is 2.07. The second-order valence-corrected chi connectivity index (χ2v) is 6.34. The molecule has 0 aromatic heterocycles. The van der Waals surface area contributed by atoms with E-state index in [2.05, 4.69) is 12.2 Å². The molecule has 2 aromatic carbocycles. The summed E-state index contributed by atoms with van der Waals surface area (Å²) >= 11 is 0. The number of amides is 1. The van der Waals surface area contributed by atoms with Gasteiger partial charge in [0.2, 0.25) is 0 Å². The van der Waals surface area contributed by atoms with Crippen LogP contribution in [0.15, 0.2) is 36.4 Å². The fraction of sp³-hybridized carbons (Fsp3) is 0.429. The van der Waals surface area contributed by atoms with Gasteiger partial charge in [-0.1, -0.05) is 51.2 Å². The number of nitrogens with one attached hydrogen (secondary N) is 1. The monoisotopic (exact) mass is 341 g/mol. The number of hydrogen-bond acceptors (Lipinski definition) is 3. The summed E-state index contributed by atoms with van der Waals surface area (Å²) in [6.07, 6.45) is 7.25. The molecule has 0 atom stereocenters. The van der Waals surface area contributed by atoms with Gasteiger partial charge in [-0.3, -0.25) is 9.59 Å². The van der Waals surface area contributed by atoms with Gasteiger partial charge in [-0.05, 0) is 41.5 Å². The molecular weight excluding hydrogens is 314 g/mol. The smallest absolute Gasteiger partial charge is 0.308 e. The van der Waals surface area contributed by atoms with Gasteiger partial charge in [0.25, 0.3) is 5.91 Å². The van der Waals surface area contributed by atoms with Crippen molar-refractivity contribution in [1.82, 2.24) is 5.32 Å². The fourth-order valence-electron chi connectivity index (χ4n) is 2.80. The normalized spacial score (nSPS) is 10.6. The van der Waals surface area contributed by atoms with Crippen molar-refractivity contribution in [3.05, 3.63) is 42.0 Å². The van der Waals surface area contributed by atoms with Crippen LogP contribution in [0.4, 0.5) is 0 Å². The molecule has 0 unspecified atom stereocenters. The SMILES string of the molecule is CCCCCCCCNC(=O)c1ccc2cc(OC(C)=O)ccc2c1. The maximum absolute atomic E-state index is 12.3. The van der Waals surface area contributed by atoms with E-state index in [1.807, 2.05) is 18.2 Å². The number of esters is 1. The van der Waals surface area contributed by atoms with E-state index in [0.29, 0.717) is 17.9 Å². The second kappa shape index (κ2) is 9.82. The van der Waals surface area contributed by atoms with E-state index in [4.69, 9.17) is 4.74 Å². The first-order valence-corrected chi connectivity index (χ1v) is 9.10. The quantitative estimate of drug-likeness (QED) is 0.403. The molecule has 0 saturated carbocycles. The lowest BCUT2D eigenvalue weighted by Gasteiger charge is -2.07. The van der Waals surface area contributed by atoms with E-state index in [9.17, 15) is 9.59 Å². The Morgan fingerprint density at radius 2 is 1.60 bits per heavy atom. The largest absolute Gasteiger partial charge is 0.427 e. The summed E-state index contributed by atoms with van der Waals surface area (Å²) in [5, 5.41) is 4.87. The van der Waals surface area contributed by atoms with Crippen molar-refractivity contribution >= 4 is 22.6 Å². The first kappa shape index (κ1) is 19.0. The molecule has 0 aliphatic carbocycles. The molecule has 0 aliphatic rings. The minimum atomic E-state index is -0.343. The molecular formula is C21H27NO3. The summed E-state index contributed by atoms with van der Waals surface area (Å²) in [5.41, 5.74) is 0.652. The van der Waals surface area contributed by atoms with Crippen LogP contribution >= 0.6 is 0 Å². The standard InChI is InChI=1S/C21H27NO3/c1-3-4-5-6-7-8-13-22-21(24)19-10-9-18-15-20(25-16(2)23)12-11-17(18)14-19/h9-12,14-15H,3-8,13H2,1-2H3,(H,22,24). The van der Waals surface area contributed by atoms with Crippen LogP contribution in [0.3, 0.4) is 0 Å². The van der Waals surface area contributed by atoms with Crippen molar-refractivity contribution in [3.8, 4) is 5.75 Å². The molecule has 4 nitrogen and oxygen atoms in total. The van der Waals surface area contributed by atoms with Gasteiger partial charge < -0.3 is 10.1 Å². The number of benzene rings is 2. The van der Waals surface area contributed by atoms with Crippen molar-refractivity contribution < 1.29 is 14.3 Å². The molecule has 4 heteroatoms. The zero-order chi connectivity index (χ0) is 18.1. The van der Waals surface area contributed by atoms with E-state index in [-0.39, 0.29) is 11.9 Å². The third-order valence-corrected chi connectivity index (χ3v) is 4.15. The molecule has 1 N–H and O–H groups in total. The number of ether oxygens (including phenoxy) is 1. The maximum atomic E-state index is 12.3. The van der Waals surface area contributed by atoms with Gasteiger partial charge in [-0.2, -0.15) is 0 Å². The summed E-state index contributed by atoms with van der Waals surface area (Å²) in [4.78, 5) is 23.3. The van der Waals surface area contributed by atoms with Crippen LogP contribution in [-0.4, -0.2) is 18.4 Å². The predicted octanol–water partition coefficient (Wildman–Crippen LogP) is 4.86. The molecule has 1 amide bonds. The first-order chi connectivity index (χ1) is 12.1. The average Bonchev–Trinajstić information content (AvgIpc) is 2.59. The van der Waals surface area contributed by atoms with E-state index < -0.39 is 0 Å². The Morgan fingerprint density at radius 1 is 0.920 bits per heavy atom. The molecule has 0 radical (unpaired) electrons. The third-order valence-electron chi connectivity index (χ3n) is 4.15. The van der Waals surface area contributed by atoms with Crippen LogP contribution < -0.4 is 10.1 Å². The van der Waals surface area contributed by atoms with Crippen LogP contribution in [0, 0.1) is 0 Å². The number of carbonyl (C=O) groups is 2. The molecule has 0 fully saturated rings. The molecule has 25 heavy (non-hydrogen) atoms. The van der Waals surface area contributed by atoms with Gasteiger partial charge in [0.15, 0.2) is 0 Å². The molecule has 0 saturated heterocycles. The van der Waals surface area contributed by atoms with Crippen LogP contribution in [0.25, 0.3) is 10.8 Å². The Labute approximate surface area is 149 Å². The minimum absolute atomic E-state index is 0.0421. The van der Waals surface area contributed by atoms with Gasteiger partial charge in [-0.25, -0.2) is 0 Å². The fourth-order valence-corrected chi connectivity index (χ4v) is 2.80. The molecule has 0 spiro atoms. The van der Waals surface area contributed by atoms with Gasteiger partial charge >= 0.3 is 5.97 Å². The molecule has 0 heterocycles. The van der Waals surface area contributed by atoms with Crippen LogP contribution in [0.2, 0.25) is 0 Å². The number of rotatable bonds is 9. The molecule has 134 valence electrons. The van der Waals surface area contributed by atoms with Crippen LogP contribution in [-0.2, 0) is 4.79 Å². The lowest BCUT2D eigenvalue weighted by atomic mass is 10.1. The highest BCUT2D eigenvalue weighted by Crippen LogP contribution is 2.22. The van der Waals surface area contributed by atoms with E-state index in [1.165, 1.54) is 32.6 Å². The lowest BCUT2D eigenvalue weighted by molar-refractivity contribution is -0.131. The zero-order valence-corrected chi connectivity index (χ0v) is 15.1. The van der Waals surface area contributed by atoms with Crippen LogP contribution in [0.1, 0.15) is 62.7 Å². The van der Waals surface area contributed by atoms with Crippen molar-refractivity contribution in [2.24, 2.45) is 0 Å². The third kappa shape index (κ3) is 6.22. The highest BCUT2D eigenvalue weighted by atomic mass is 16.5. The number of unbranched alkanes of at least 4 members (excludes halogenated alkanes) is 5. The Hall–Kier alpha value is -2.36. The topological polar surface area (TPSA) is 55.4 Å². The van der Waals surface area contributed by atoms with Crippen molar-refractivity contribution in [2.45, 2.75) is 52.4 Å². The van der Waals surface area contributed by atoms with Gasteiger partial charge in [0.05, 0.1) is 0 Å². The number of fused-ring (bicyclic) bond motifs is 1. The average molecular weight is 341 g/mol. The Kier molecular flexibility index (Phi) is 7.45. The molecule has 0 bridgehead atoms. The van der Waals surface area contributed by atoms with E-state index in [0.717, 1.165) is 23.6 Å². The summed E-state index contributed by atoms with van der Waals surface area (Å²) in [5.74, 6) is 0.129. The first-order valence-electron chi connectivity index (χ1n) is 9.10. The van der Waals surface area contributed by atoms with E-state index >= 15 is 0 Å². The van der Waals surface area contributed by atoms with Crippen molar-refractivity contribution in [3.63, 3.8) is 0 Å². The van der Waals surface area contributed by atoms with Crippen molar-refractivity contribution in [1.29, 1.82) is 0 Å². The maximum Gasteiger partial charge on any atom is 0.308 e. The zero-order valence-electron chi connectivity index (χ0n) is 15.1. The van der Waals surface area contributed by atoms with Crippen LogP contribution in [0.5, 0.6) is 5.75 Å². The minimum Gasteiger partial charge on any atom is -0.427 e. The summed E-state index contributed by atoms with van der Waals surface area (Å²) < 4.78 is 5.08. The van der Waals surface area contributed by atoms with Gasteiger partial charge in [0, 0.05) is 19.0 Å². The Bertz CT molecular complexity index is 724. The van der Waals surface area contributed by atoms with Gasteiger partial charge in [-0.15, -0.1) is 0 Å². The second-order valence-electron chi connectivity index (χ2n) is 6.34. The number of carbonyl (C=O) groups excluding carboxylic acids is 2. The summed E-state index contributed by atoms with van der Waals surface area (Å²) in [6, 6.07) is 10.9. The number of hydrogen-bond donors (Lipinski definition) is 1. The van der Waals surface area contributed by atoms with E-state index in [1.54, 1.807) is 18.2 Å². The summed E-state index contributed by atoms with van der Waals surface area (Å²) in [7, 11) is 0. The van der Waals surface area contributed by atoms with Crippen molar-refractivity contribution in [2.75, 3.05) is 6.54 Å². The Balaban J connectivity index is 1.87. The molecule has 0 aliphatic heterocycles. The Morgan fingerprint density at radius 3 is 2.36 bits per heavy atom. The van der Waals surface area contributed by atoms with Gasteiger partial charge in [0.1, 0.15) is 5.75 Å². The lowest BCUT2D eigenvalue weighted by Crippen LogP contribution is -2.24.